The van der Waals surface area contributed by atoms with Gasteiger partial charge in [-0.05, 0) is 43.0 Å². The Hall–Kier alpha value is -2.49. The predicted octanol–water partition coefficient (Wildman–Crippen LogP) is 4.05. The summed E-state index contributed by atoms with van der Waals surface area (Å²) in [5.74, 6) is -0.488. The van der Waals surface area contributed by atoms with Gasteiger partial charge in [-0.3, -0.25) is 0 Å². The van der Waals surface area contributed by atoms with Crippen LogP contribution in [0.25, 0.3) is 16.8 Å². The average molecular weight is 311 g/mol. The first-order chi connectivity index (χ1) is 11.2. The monoisotopic (exact) mass is 311 g/mol. The molecule has 4 rings (SSSR count). The minimum Gasteiger partial charge on any atom is -0.207 e. The smallest absolute Gasteiger partial charge is 0.207 e. The van der Waals surface area contributed by atoms with Crippen LogP contribution in [0.15, 0.2) is 54.7 Å². The summed E-state index contributed by atoms with van der Waals surface area (Å²) < 4.78 is 31.5. The largest absolute Gasteiger partial charge is 0.271 e. The Kier molecular flexibility index (Phi) is 3.45. The standard InChI is InChI=1S/C19H17F2N2/c20-15-10-8-14(9-11-15)16-13-23(19-7-2-1-5-17(19)21)22-12-4-3-6-18(16)22/h1-2,5,7-11,13H,3-4,6,12H2/q+1. The highest BCUT2D eigenvalue weighted by Crippen LogP contribution is 2.28. The maximum Gasteiger partial charge on any atom is 0.271 e. The molecule has 0 unspecified atom stereocenters. The fraction of sp³-hybridized carbons (Fsp3) is 0.211. The van der Waals surface area contributed by atoms with E-state index in [1.165, 1.54) is 23.9 Å². The van der Waals surface area contributed by atoms with Crippen molar-refractivity contribution in [3.8, 4) is 16.8 Å². The molecule has 0 aliphatic carbocycles. The number of hydrogen-bond acceptors (Lipinski definition) is 0. The van der Waals surface area contributed by atoms with Gasteiger partial charge in [0.2, 0.25) is 6.20 Å². The maximum atomic E-state index is 14.2. The zero-order chi connectivity index (χ0) is 15.8. The Morgan fingerprint density at radius 3 is 2.48 bits per heavy atom. The maximum absolute atomic E-state index is 14.2. The molecule has 2 aromatic carbocycles. The van der Waals surface area contributed by atoms with Gasteiger partial charge in [-0.25, -0.2) is 4.39 Å². The zero-order valence-corrected chi connectivity index (χ0v) is 12.7. The number of halogens is 2. The Balaban J connectivity index is 1.92. The van der Waals surface area contributed by atoms with Crippen molar-refractivity contribution < 1.29 is 13.5 Å². The number of rotatable bonds is 2. The van der Waals surface area contributed by atoms with Crippen molar-refractivity contribution >= 4 is 0 Å². The summed E-state index contributed by atoms with van der Waals surface area (Å²) in [6, 6.07) is 13.3. The van der Waals surface area contributed by atoms with Crippen LogP contribution in [0.5, 0.6) is 0 Å². The van der Waals surface area contributed by atoms with E-state index < -0.39 is 0 Å². The summed E-state index contributed by atoms with van der Waals surface area (Å²) in [5, 5.41) is 0. The normalized spacial score (nSPS) is 13.8. The van der Waals surface area contributed by atoms with Crippen LogP contribution in [0, 0.1) is 11.6 Å². The molecule has 116 valence electrons. The van der Waals surface area contributed by atoms with Gasteiger partial charge in [-0.2, -0.15) is 9.07 Å². The number of hydrogen-bond donors (Lipinski definition) is 0. The van der Waals surface area contributed by atoms with Gasteiger partial charge in [-0.15, -0.1) is 0 Å². The van der Waals surface area contributed by atoms with E-state index in [9.17, 15) is 8.78 Å². The summed E-state index contributed by atoms with van der Waals surface area (Å²) in [7, 11) is 0. The highest BCUT2D eigenvalue weighted by molar-refractivity contribution is 5.64. The zero-order valence-electron chi connectivity index (χ0n) is 12.7. The van der Waals surface area contributed by atoms with Crippen molar-refractivity contribution in [2.75, 3.05) is 0 Å². The third-order valence-electron chi connectivity index (χ3n) is 4.42. The number of aromatic nitrogens is 2. The fourth-order valence-corrected chi connectivity index (χ4v) is 3.30. The molecule has 0 saturated heterocycles. The number of fused-ring (bicyclic) bond motifs is 1. The van der Waals surface area contributed by atoms with Gasteiger partial charge in [0.15, 0.2) is 5.82 Å². The van der Waals surface area contributed by atoms with Gasteiger partial charge in [0.05, 0.1) is 17.8 Å². The molecule has 1 aliphatic heterocycles. The lowest BCUT2D eigenvalue weighted by Gasteiger charge is -2.13. The second-order valence-corrected chi connectivity index (χ2v) is 5.87. The van der Waals surface area contributed by atoms with E-state index in [1.54, 1.807) is 24.3 Å². The molecule has 2 heterocycles. The van der Waals surface area contributed by atoms with E-state index in [4.69, 9.17) is 0 Å². The molecule has 1 aromatic heterocycles. The van der Waals surface area contributed by atoms with Crippen LogP contribution >= 0.6 is 0 Å². The van der Waals surface area contributed by atoms with Crippen LogP contribution in [0.3, 0.4) is 0 Å². The van der Waals surface area contributed by atoms with Crippen LogP contribution in [-0.4, -0.2) is 4.68 Å². The van der Waals surface area contributed by atoms with Crippen LogP contribution in [0.2, 0.25) is 0 Å². The first-order valence-electron chi connectivity index (χ1n) is 7.89. The number of nitrogens with zero attached hydrogens (tertiary/aromatic N) is 2. The van der Waals surface area contributed by atoms with Crippen LogP contribution in [0.1, 0.15) is 18.5 Å². The quantitative estimate of drug-likeness (QED) is 0.632. The molecule has 23 heavy (non-hydrogen) atoms. The van der Waals surface area contributed by atoms with Gasteiger partial charge in [0.25, 0.3) is 5.69 Å². The minimum atomic E-state index is -0.246. The number of benzene rings is 2. The van der Waals surface area contributed by atoms with Gasteiger partial charge >= 0.3 is 0 Å². The summed E-state index contributed by atoms with van der Waals surface area (Å²) in [4.78, 5) is 0. The van der Waals surface area contributed by atoms with Crippen LogP contribution in [-0.2, 0) is 13.0 Å². The molecule has 0 saturated carbocycles. The molecule has 1 aliphatic rings. The lowest BCUT2D eigenvalue weighted by Crippen LogP contribution is -2.42. The van der Waals surface area contributed by atoms with E-state index in [-0.39, 0.29) is 11.6 Å². The summed E-state index contributed by atoms with van der Waals surface area (Å²) >= 11 is 0. The van der Waals surface area contributed by atoms with E-state index in [1.807, 2.05) is 16.9 Å². The molecular weight excluding hydrogens is 294 g/mol. The Labute approximate surface area is 133 Å². The predicted molar refractivity (Wildman–Crippen MR) is 84.3 cm³/mol. The summed E-state index contributed by atoms with van der Waals surface area (Å²) in [6.07, 6.45) is 5.12. The molecule has 0 spiro atoms. The molecule has 0 amide bonds. The van der Waals surface area contributed by atoms with Crippen molar-refractivity contribution in [2.24, 2.45) is 0 Å². The van der Waals surface area contributed by atoms with Gasteiger partial charge in [-0.1, -0.05) is 28.9 Å². The third-order valence-corrected chi connectivity index (χ3v) is 4.42. The fourth-order valence-electron chi connectivity index (χ4n) is 3.30. The lowest BCUT2D eigenvalue weighted by molar-refractivity contribution is -0.688. The summed E-state index contributed by atoms with van der Waals surface area (Å²) in [6.45, 7) is 0.866. The second kappa shape index (κ2) is 5.61. The highest BCUT2D eigenvalue weighted by atomic mass is 19.1. The number of para-hydroxylation sites is 1. The van der Waals surface area contributed by atoms with Gasteiger partial charge < -0.3 is 0 Å². The molecule has 0 radical (unpaired) electrons. The van der Waals surface area contributed by atoms with Crippen molar-refractivity contribution in [1.29, 1.82) is 0 Å². The van der Waals surface area contributed by atoms with Gasteiger partial charge in [0, 0.05) is 6.07 Å². The topological polar surface area (TPSA) is 8.81 Å². The average Bonchev–Trinajstić information content (AvgIpc) is 2.96. The van der Waals surface area contributed by atoms with Crippen molar-refractivity contribution in [3.63, 3.8) is 0 Å². The third kappa shape index (κ3) is 2.44. The molecule has 0 bridgehead atoms. The lowest BCUT2D eigenvalue weighted by atomic mass is 10.0. The van der Waals surface area contributed by atoms with E-state index >= 15 is 0 Å². The van der Waals surface area contributed by atoms with Crippen molar-refractivity contribution in [3.05, 3.63) is 72.1 Å². The Morgan fingerprint density at radius 2 is 1.70 bits per heavy atom. The second-order valence-electron chi connectivity index (χ2n) is 5.87. The van der Waals surface area contributed by atoms with E-state index in [2.05, 4.69) is 4.68 Å². The highest BCUT2D eigenvalue weighted by Gasteiger charge is 2.28. The Bertz CT molecular complexity index is 850. The first-order valence-corrected chi connectivity index (χ1v) is 7.89. The van der Waals surface area contributed by atoms with Crippen molar-refractivity contribution in [1.82, 2.24) is 4.68 Å². The summed E-state index contributed by atoms with van der Waals surface area (Å²) in [5.41, 5.74) is 3.75. The molecule has 0 N–H and O–H groups in total. The molecule has 0 atom stereocenters. The molecule has 3 aromatic rings. The first kappa shape index (κ1) is 14.1. The SMILES string of the molecule is Fc1ccc(-c2c[n+](-c3ccccc3F)n3c2CCCC3)cc1. The van der Waals surface area contributed by atoms with Crippen molar-refractivity contribution in [2.45, 2.75) is 25.8 Å². The molecule has 2 nitrogen and oxygen atoms in total. The molecule has 4 heteroatoms. The van der Waals surface area contributed by atoms with E-state index in [0.29, 0.717) is 5.69 Å². The van der Waals surface area contributed by atoms with Crippen LogP contribution in [0.4, 0.5) is 8.78 Å². The van der Waals surface area contributed by atoms with E-state index in [0.717, 1.165) is 36.9 Å². The minimum absolute atomic E-state index is 0.242. The Morgan fingerprint density at radius 1 is 0.913 bits per heavy atom. The van der Waals surface area contributed by atoms with Gasteiger partial charge in [0.1, 0.15) is 5.82 Å². The molecular formula is C19H17F2N2+. The molecule has 0 fully saturated rings. The van der Waals surface area contributed by atoms with Crippen LogP contribution < -0.4 is 4.68 Å².